The lowest BCUT2D eigenvalue weighted by Gasteiger charge is -2.24. The molecule has 0 heterocycles. The Hall–Kier alpha value is -0.730. The highest BCUT2D eigenvalue weighted by molar-refractivity contribution is 14.1. The van der Waals surface area contributed by atoms with Gasteiger partial charge in [0.15, 0.2) is 0 Å². The number of hydrogen-bond donors (Lipinski definition) is 3. The van der Waals surface area contributed by atoms with Gasteiger partial charge in [-0.05, 0) is 79.8 Å². The molecular weight excluding hydrogens is 410 g/mol. The summed E-state index contributed by atoms with van der Waals surface area (Å²) in [6.45, 7) is 2.92. The number of primary amides is 1. The van der Waals surface area contributed by atoms with Crippen LogP contribution in [0.1, 0.15) is 38.7 Å². The topological polar surface area (TPSA) is 89.3 Å². The molecule has 1 amide bonds. The second-order valence-electron chi connectivity index (χ2n) is 6.65. The van der Waals surface area contributed by atoms with Crippen molar-refractivity contribution < 1.29 is 14.3 Å². The highest BCUT2D eigenvalue weighted by Gasteiger charge is 2.26. The monoisotopic (exact) mass is 436 g/mol. The van der Waals surface area contributed by atoms with Crippen molar-refractivity contribution in [3.63, 3.8) is 0 Å². The number of carbonyl (C=O) groups is 1. The minimum atomic E-state index is -1.36. The van der Waals surface area contributed by atoms with Gasteiger partial charge in [-0.25, -0.2) is 4.39 Å². The number of carbonyl (C=O) groups excluding carboxylic acids is 1. The number of halogens is 2. The van der Waals surface area contributed by atoms with Crippen molar-refractivity contribution in [2.24, 2.45) is 17.4 Å². The first-order valence-corrected chi connectivity index (χ1v) is 8.82. The molecule has 0 radical (unpaired) electrons. The third-order valence-electron chi connectivity index (χ3n) is 3.89. The molecule has 0 bridgehead atoms. The van der Waals surface area contributed by atoms with E-state index in [2.05, 4.69) is 22.6 Å². The van der Waals surface area contributed by atoms with Crippen LogP contribution in [0, 0.1) is 9.49 Å². The molecule has 1 aromatic carbocycles. The Kier molecular flexibility index (Phi) is 7.89. The average molecular weight is 436 g/mol. The molecule has 1 rings (SSSR count). The van der Waals surface area contributed by atoms with E-state index in [4.69, 9.17) is 11.5 Å². The van der Waals surface area contributed by atoms with E-state index in [1.807, 2.05) is 24.3 Å². The Morgan fingerprint density at radius 1 is 1.35 bits per heavy atom. The molecule has 23 heavy (non-hydrogen) atoms. The zero-order valence-corrected chi connectivity index (χ0v) is 15.8. The van der Waals surface area contributed by atoms with Gasteiger partial charge in [-0.2, -0.15) is 0 Å². The van der Waals surface area contributed by atoms with Crippen LogP contribution < -0.4 is 11.5 Å². The molecule has 6 heteroatoms. The molecule has 1 unspecified atom stereocenters. The van der Waals surface area contributed by atoms with E-state index in [0.29, 0.717) is 12.8 Å². The number of alkyl halides is 1. The first kappa shape index (κ1) is 20.3. The van der Waals surface area contributed by atoms with E-state index < -0.39 is 29.6 Å². The van der Waals surface area contributed by atoms with Crippen LogP contribution in [-0.2, 0) is 11.2 Å². The third kappa shape index (κ3) is 8.08. The molecule has 0 aliphatic rings. The Labute approximate surface area is 151 Å². The molecule has 0 saturated carbocycles. The quantitative estimate of drug-likeness (QED) is 0.520. The molecule has 0 fully saturated rings. The Balaban J connectivity index is 2.57. The predicted molar refractivity (Wildman–Crippen MR) is 98.6 cm³/mol. The summed E-state index contributed by atoms with van der Waals surface area (Å²) in [5, 5.41) is 10.3. The molecule has 0 saturated heterocycles. The van der Waals surface area contributed by atoms with Gasteiger partial charge in [-0.1, -0.05) is 12.1 Å². The Bertz CT molecular complexity index is 502. The van der Waals surface area contributed by atoms with Crippen LogP contribution in [-0.4, -0.2) is 28.8 Å². The summed E-state index contributed by atoms with van der Waals surface area (Å²) in [6.07, 6.45) is 0.357. The summed E-state index contributed by atoms with van der Waals surface area (Å²) in [5.74, 6) is -1.09. The Morgan fingerprint density at radius 2 is 1.91 bits per heavy atom. The van der Waals surface area contributed by atoms with E-state index in [0.717, 1.165) is 9.13 Å². The summed E-state index contributed by atoms with van der Waals surface area (Å²) in [5.41, 5.74) is 11.1. The van der Waals surface area contributed by atoms with Gasteiger partial charge in [0, 0.05) is 15.5 Å². The fraction of sp³-hybridized carbons (Fsp3) is 0.588. The lowest BCUT2D eigenvalue weighted by molar-refractivity contribution is -0.123. The summed E-state index contributed by atoms with van der Waals surface area (Å²) >= 11 is 2.22. The van der Waals surface area contributed by atoms with E-state index in [9.17, 15) is 14.3 Å². The highest BCUT2D eigenvalue weighted by Crippen LogP contribution is 2.23. The second-order valence-corrected chi connectivity index (χ2v) is 7.90. The van der Waals surface area contributed by atoms with Crippen molar-refractivity contribution >= 4 is 28.5 Å². The summed E-state index contributed by atoms with van der Waals surface area (Å²) in [7, 11) is 0. The standard InChI is InChI=1S/C17H26FIN2O2/c1-17(2,18)8-7-12(16(21)23)10-15(22)14(20)9-11-3-5-13(19)6-4-11/h3-6,12,14-15,22H,7-10,20H2,1-2H3,(H2,21,23)/t12-,14?,15+/m1/s1. The predicted octanol–water partition coefficient (Wildman–Crippen LogP) is 2.54. The lowest BCUT2D eigenvalue weighted by atomic mass is 9.88. The van der Waals surface area contributed by atoms with Gasteiger partial charge in [0.05, 0.1) is 6.10 Å². The summed E-state index contributed by atoms with van der Waals surface area (Å²) in [4.78, 5) is 11.5. The fourth-order valence-corrected chi connectivity index (χ4v) is 2.75. The van der Waals surface area contributed by atoms with Gasteiger partial charge >= 0.3 is 0 Å². The summed E-state index contributed by atoms with van der Waals surface area (Å²) in [6, 6.07) is 7.39. The minimum Gasteiger partial charge on any atom is -0.391 e. The Morgan fingerprint density at radius 3 is 2.39 bits per heavy atom. The first-order valence-electron chi connectivity index (χ1n) is 7.75. The molecule has 0 spiro atoms. The van der Waals surface area contributed by atoms with Gasteiger partial charge in [0.25, 0.3) is 0 Å². The van der Waals surface area contributed by atoms with Gasteiger partial charge < -0.3 is 16.6 Å². The van der Waals surface area contributed by atoms with Crippen molar-refractivity contribution in [2.45, 2.75) is 57.3 Å². The van der Waals surface area contributed by atoms with Gasteiger partial charge in [-0.3, -0.25) is 4.79 Å². The number of rotatable bonds is 9. The molecule has 4 nitrogen and oxygen atoms in total. The van der Waals surface area contributed by atoms with Crippen molar-refractivity contribution in [1.82, 2.24) is 0 Å². The maximum Gasteiger partial charge on any atom is 0.220 e. The minimum absolute atomic E-state index is 0.164. The first-order chi connectivity index (χ1) is 10.6. The zero-order valence-electron chi connectivity index (χ0n) is 13.6. The number of nitrogens with two attached hydrogens (primary N) is 2. The molecule has 0 aliphatic carbocycles. The zero-order chi connectivity index (χ0) is 17.6. The van der Waals surface area contributed by atoms with Crippen molar-refractivity contribution in [3.8, 4) is 0 Å². The number of amides is 1. The summed E-state index contributed by atoms with van der Waals surface area (Å²) < 4.78 is 14.7. The van der Waals surface area contributed by atoms with Crippen LogP contribution >= 0.6 is 22.6 Å². The van der Waals surface area contributed by atoms with E-state index in [1.54, 1.807) is 0 Å². The maximum absolute atomic E-state index is 13.6. The number of hydrogen-bond acceptors (Lipinski definition) is 3. The largest absolute Gasteiger partial charge is 0.391 e. The van der Waals surface area contributed by atoms with E-state index >= 15 is 0 Å². The van der Waals surface area contributed by atoms with Crippen LogP contribution in [0.4, 0.5) is 4.39 Å². The third-order valence-corrected chi connectivity index (χ3v) is 4.61. The van der Waals surface area contributed by atoms with Crippen molar-refractivity contribution in [3.05, 3.63) is 33.4 Å². The highest BCUT2D eigenvalue weighted by atomic mass is 127. The smallest absolute Gasteiger partial charge is 0.220 e. The van der Waals surface area contributed by atoms with Crippen molar-refractivity contribution in [1.29, 1.82) is 0 Å². The SMILES string of the molecule is CC(C)(F)CC[C@H](C[C@H](O)C(N)Cc1ccc(I)cc1)C(N)=O. The molecule has 0 aromatic heterocycles. The molecule has 1 aromatic rings. The fourth-order valence-electron chi connectivity index (χ4n) is 2.39. The van der Waals surface area contributed by atoms with E-state index in [-0.39, 0.29) is 12.8 Å². The van der Waals surface area contributed by atoms with Gasteiger partial charge in [-0.15, -0.1) is 0 Å². The van der Waals surface area contributed by atoms with Crippen LogP contribution in [0.15, 0.2) is 24.3 Å². The number of aliphatic hydroxyl groups is 1. The number of aliphatic hydroxyl groups excluding tert-OH is 1. The lowest BCUT2D eigenvalue weighted by Crippen LogP contribution is -2.40. The maximum atomic E-state index is 13.6. The molecule has 130 valence electrons. The molecule has 5 N–H and O–H groups in total. The second kappa shape index (κ2) is 8.94. The van der Waals surface area contributed by atoms with Crippen LogP contribution in [0.3, 0.4) is 0 Å². The van der Waals surface area contributed by atoms with Crippen LogP contribution in [0.25, 0.3) is 0 Å². The molecule has 0 aliphatic heterocycles. The van der Waals surface area contributed by atoms with Crippen LogP contribution in [0.5, 0.6) is 0 Å². The number of benzene rings is 1. The van der Waals surface area contributed by atoms with Gasteiger partial charge in [0.2, 0.25) is 5.91 Å². The van der Waals surface area contributed by atoms with Crippen molar-refractivity contribution in [2.75, 3.05) is 0 Å². The molecular formula is C17H26FIN2O2. The average Bonchev–Trinajstić information content (AvgIpc) is 2.44. The van der Waals surface area contributed by atoms with E-state index in [1.165, 1.54) is 13.8 Å². The van der Waals surface area contributed by atoms with Crippen LogP contribution in [0.2, 0.25) is 0 Å². The normalized spacial score (nSPS) is 15.9. The van der Waals surface area contributed by atoms with Gasteiger partial charge in [0.1, 0.15) is 5.67 Å². The molecule has 3 atom stereocenters.